The van der Waals surface area contributed by atoms with Crippen LogP contribution in [-0.2, 0) is 4.79 Å². The Morgan fingerprint density at radius 3 is 2.68 bits per heavy atom. The number of carbonyl (C=O) groups is 2. The first kappa shape index (κ1) is 17.2. The topological polar surface area (TPSA) is 57.6 Å². The molecule has 0 radical (unpaired) electrons. The molecule has 1 amide bonds. The number of thiophene rings is 1. The number of aliphatic hydroxyl groups is 1. The van der Waals surface area contributed by atoms with Crippen molar-refractivity contribution in [1.29, 1.82) is 0 Å². The molecule has 1 saturated heterocycles. The van der Waals surface area contributed by atoms with Crippen LogP contribution in [0.15, 0.2) is 6.07 Å². The normalized spacial score (nSPS) is 21.9. The maximum Gasteiger partial charge on any atom is 0.223 e. The summed E-state index contributed by atoms with van der Waals surface area (Å²) in [5, 5.41) is 9.52. The minimum absolute atomic E-state index is 0.00366. The quantitative estimate of drug-likeness (QED) is 0.848. The molecule has 1 aromatic heterocycles. The molecule has 0 saturated carbocycles. The van der Waals surface area contributed by atoms with Crippen molar-refractivity contribution in [2.75, 3.05) is 13.2 Å². The Hall–Kier alpha value is -1.20. The van der Waals surface area contributed by atoms with E-state index in [4.69, 9.17) is 0 Å². The fourth-order valence-corrected chi connectivity index (χ4v) is 4.19. The zero-order valence-electron chi connectivity index (χ0n) is 13.6. The number of carbonyl (C=O) groups excluding carboxylic acids is 2. The van der Waals surface area contributed by atoms with E-state index in [0.717, 1.165) is 28.2 Å². The van der Waals surface area contributed by atoms with Crippen LogP contribution >= 0.6 is 11.3 Å². The van der Waals surface area contributed by atoms with E-state index in [2.05, 4.69) is 6.92 Å². The van der Waals surface area contributed by atoms with Gasteiger partial charge in [0, 0.05) is 34.7 Å². The highest BCUT2D eigenvalue weighted by Crippen LogP contribution is 2.25. The molecule has 0 aliphatic carbocycles. The molecule has 1 aliphatic heterocycles. The molecule has 2 rings (SSSR count). The average Bonchev–Trinajstić information content (AvgIpc) is 2.83. The Balaban J connectivity index is 1.94. The number of nitrogens with zero attached hydrogens (tertiary/aromatic N) is 1. The monoisotopic (exact) mass is 323 g/mol. The molecule has 5 heteroatoms. The molecule has 2 unspecified atom stereocenters. The molecule has 22 heavy (non-hydrogen) atoms. The van der Waals surface area contributed by atoms with Crippen molar-refractivity contribution in [1.82, 2.24) is 4.90 Å². The van der Waals surface area contributed by atoms with E-state index in [-0.39, 0.29) is 37.2 Å². The van der Waals surface area contributed by atoms with Gasteiger partial charge in [-0.05, 0) is 38.7 Å². The lowest BCUT2D eigenvalue weighted by atomic mass is 9.91. The number of hydrogen-bond donors (Lipinski definition) is 1. The summed E-state index contributed by atoms with van der Waals surface area (Å²) in [7, 11) is 0. The Labute approximate surface area is 136 Å². The van der Waals surface area contributed by atoms with Crippen LogP contribution in [0.25, 0.3) is 0 Å². The van der Waals surface area contributed by atoms with Crippen molar-refractivity contribution in [3.05, 3.63) is 21.4 Å². The van der Waals surface area contributed by atoms with Crippen LogP contribution in [0.3, 0.4) is 0 Å². The Bertz CT molecular complexity index is 552. The number of Topliss-reactive ketones (excluding diaryl/α,β-unsaturated/α-hetero) is 1. The van der Waals surface area contributed by atoms with E-state index < -0.39 is 0 Å². The second-order valence-electron chi connectivity index (χ2n) is 6.21. The number of amides is 1. The highest BCUT2D eigenvalue weighted by atomic mass is 32.1. The molecule has 1 aliphatic rings. The summed E-state index contributed by atoms with van der Waals surface area (Å²) in [6, 6.07) is 1.81. The molecule has 1 N–H and O–H groups in total. The number of hydrogen-bond acceptors (Lipinski definition) is 4. The number of aryl methyl sites for hydroxylation is 2. The Kier molecular flexibility index (Phi) is 5.75. The summed E-state index contributed by atoms with van der Waals surface area (Å²) in [5.41, 5.74) is 0.751. The van der Waals surface area contributed by atoms with Crippen molar-refractivity contribution < 1.29 is 14.7 Å². The van der Waals surface area contributed by atoms with Gasteiger partial charge in [-0.25, -0.2) is 0 Å². The van der Waals surface area contributed by atoms with Gasteiger partial charge in [-0.3, -0.25) is 9.59 Å². The Morgan fingerprint density at radius 1 is 1.36 bits per heavy atom. The number of rotatable bonds is 5. The zero-order valence-corrected chi connectivity index (χ0v) is 14.4. The lowest BCUT2D eigenvalue weighted by Gasteiger charge is -2.39. The predicted molar refractivity (Wildman–Crippen MR) is 88.3 cm³/mol. The third-order valence-corrected chi connectivity index (χ3v) is 5.50. The van der Waals surface area contributed by atoms with Crippen LogP contribution in [0.5, 0.6) is 0 Å². The number of aliphatic hydroxyl groups excluding tert-OH is 1. The molecular weight excluding hydrogens is 298 g/mol. The number of piperidine rings is 1. The van der Waals surface area contributed by atoms with Gasteiger partial charge in [-0.2, -0.15) is 0 Å². The smallest absolute Gasteiger partial charge is 0.223 e. The fraction of sp³-hybridized carbons (Fsp3) is 0.647. The second kappa shape index (κ2) is 7.38. The van der Waals surface area contributed by atoms with Crippen LogP contribution in [-0.4, -0.2) is 40.9 Å². The van der Waals surface area contributed by atoms with Gasteiger partial charge in [0.1, 0.15) is 0 Å². The second-order valence-corrected chi connectivity index (χ2v) is 7.67. The van der Waals surface area contributed by atoms with Gasteiger partial charge in [0.2, 0.25) is 5.91 Å². The molecular formula is C17H25NO3S. The van der Waals surface area contributed by atoms with Crippen molar-refractivity contribution in [2.24, 2.45) is 5.92 Å². The summed E-state index contributed by atoms with van der Waals surface area (Å²) in [6.07, 6.45) is 2.50. The SMILES string of the molecule is Cc1cc(C(=O)CCC(=O)N2CCCC(C)C2CO)c(C)s1. The lowest BCUT2D eigenvalue weighted by molar-refractivity contribution is -0.137. The summed E-state index contributed by atoms with van der Waals surface area (Å²) < 4.78 is 0. The standard InChI is InChI=1S/C17H25NO3S/c1-11-5-4-8-18(15(11)10-19)17(21)7-6-16(20)14-9-12(2)22-13(14)3/h9,11,15,19H,4-8,10H2,1-3H3. The van der Waals surface area contributed by atoms with E-state index in [1.807, 2.05) is 19.9 Å². The minimum atomic E-state index is -0.0959. The zero-order chi connectivity index (χ0) is 16.3. The van der Waals surface area contributed by atoms with E-state index >= 15 is 0 Å². The molecule has 2 heterocycles. The highest BCUT2D eigenvalue weighted by Gasteiger charge is 2.31. The van der Waals surface area contributed by atoms with Crippen LogP contribution in [0.4, 0.5) is 0 Å². The average molecular weight is 323 g/mol. The lowest BCUT2D eigenvalue weighted by Crippen LogP contribution is -2.49. The molecule has 0 aromatic carbocycles. The molecule has 4 nitrogen and oxygen atoms in total. The highest BCUT2D eigenvalue weighted by molar-refractivity contribution is 7.12. The van der Waals surface area contributed by atoms with Crippen molar-refractivity contribution in [2.45, 2.75) is 52.5 Å². The van der Waals surface area contributed by atoms with E-state index in [9.17, 15) is 14.7 Å². The molecule has 1 fully saturated rings. The van der Waals surface area contributed by atoms with Crippen molar-refractivity contribution in [3.63, 3.8) is 0 Å². The molecule has 1 aromatic rings. The van der Waals surface area contributed by atoms with Gasteiger partial charge in [-0.1, -0.05) is 6.92 Å². The fourth-order valence-electron chi connectivity index (χ4n) is 3.24. The van der Waals surface area contributed by atoms with Gasteiger partial charge in [0.15, 0.2) is 5.78 Å². The van der Waals surface area contributed by atoms with Gasteiger partial charge in [-0.15, -0.1) is 11.3 Å². The molecule has 2 atom stereocenters. The first-order chi connectivity index (χ1) is 10.4. The maximum absolute atomic E-state index is 12.4. The molecule has 122 valence electrons. The van der Waals surface area contributed by atoms with E-state index in [0.29, 0.717) is 12.5 Å². The summed E-state index contributed by atoms with van der Waals surface area (Å²) in [6.45, 7) is 6.70. The number of likely N-dealkylation sites (tertiary alicyclic amines) is 1. The number of ketones is 1. The van der Waals surface area contributed by atoms with E-state index in [1.165, 1.54) is 0 Å². The summed E-state index contributed by atoms with van der Waals surface area (Å²) in [5.74, 6) is 0.351. The van der Waals surface area contributed by atoms with Crippen LogP contribution in [0.2, 0.25) is 0 Å². The predicted octanol–water partition coefficient (Wildman–Crippen LogP) is 2.95. The van der Waals surface area contributed by atoms with Gasteiger partial charge in [0.05, 0.1) is 12.6 Å². The largest absolute Gasteiger partial charge is 0.394 e. The maximum atomic E-state index is 12.4. The third kappa shape index (κ3) is 3.76. The minimum Gasteiger partial charge on any atom is -0.394 e. The van der Waals surface area contributed by atoms with Gasteiger partial charge < -0.3 is 10.0 Å². The van der Waals surface area contributed by atoms with Crippen LogP contribution < -0.4 is 0 Å². The summed E-state index contributed by atoms with van der Waals surface area (Å²) in [4.78, 5) is 28.6. The van der Waals surface area contributed by atoms with Crippen LogP contribution in [0.1, 0.15) is 52.7 Å². The Morgan fingerprint density at radius 2 is 2.09 bits per heavy atom. The van der Waals surface area contributed by atoms with Gasteiger partial charge >= 0.3 is 0 Å². The molecule has 0 spiro atoms. The summed E-state index contributed by atoms with van der Waals surface area (Å²) >= 11 is 1.61. The first-order valence-electron chi connectivity index (χ1n) is 7.94. The molecule has 0 bridgehead atoms. The van der Waals surface area contributed by atoms with Crippen molar-refractivity contribution >= 4 is 23.0 Å². The van der Waals surface area contributed by atoms with Gasteiger partial charge in [0.25, 0.3) is 0 Å². The first-order valence-corrected chi connectivity index (χ1v) is 8.76. The van der Waals surface area contributed by atoms with Crippen LogP contribution in [0, 0.1) is 19.8 Å². The third-order valence-electron chi connectivity index (χ3n) is 4.53. The van der Waals surface area contributed by atoms with E-state index in [1.54, 1.807) is 16.2 Å². The van der Waals surface area contributed by atoms with Crippen molar-refractivity contribution in [3.8, 4) is 0 Å².